The van der Waals surface area contributed by atoms with Gasteiger partial charge in [0, 0.05) is 12.1 Å². The number of nitrogens with two attached hydrogens (primary N) is 2. The fourth-order valence-corrected chi connectivity index (χ4v) is 0.987. The van der Waals surface area contributed by atoms with Crippen LogP contribution < -0.4 is 16.8 Å². The second-order valence-corrected chi connectivity index (χ2v) is 2.61. The molecule has 0 spiro atoms. The van der Waals surface area contributed by atoms with Crippen LogP contribution in [0.2, 0.25) is 0 Å². The van der Waals surface area contributed by atoms with Gasteiger partial charge in [-0.3, -0.25) is 4.79 Å². The number of carbonyl (C=O) groups is 1. The van der Waals surface area contributed by atoms with Crippen LogP contribution in [0.25, 0.3) is 0 Å². The highest BCUT2D eigenvalue weighted by atomic mass is 16.1. The van der Waals surface area contributed by atoms with E-state index in [1.54, 1.807) is 12.1 Å². The van der Waals surface area contributed by atoms with Crippen LogP contribution in [0.4, 0.5) is 0 Å². The Hall–Kier alpha value is -1.39. The van der Waals surface area contributed by atoms with Gasteiger partial charge in [0.25, 0.3) is 5.91 Å². The molecule has 0 unspecified atom stereocenters. The number of amides is 1. The molecule has 13 heavy (non-hydrogen) atoms. The van der Waals surface area contributed by atoms with Crippen LogP contribution in [0.3, 0.4) is 0 Å². The second kappa shape index (κ2) is 4.59. The van der Waals surface area contributed by atoms with E-state index in [4.69, 9.17) is 11.5 Å². The third-order valence-electron chi connectivity index (χ3n) is 1.71. The van der Waals surface area contributed by atoms with Gasteiger partial charge in [-0.25, -0.2) is 0 Å². The van der Waals surface area contributed by atoms with E-state index in [0.717, 1.165) is 5.56 Å². The monoisotopic (exact) mass is 179 g/mol. The maximum atomic E-state index is 11.2. The first-order valence-electron chi connectivity index (χ1n) is 4.05. The minimum atomic E-state index is -0.161. The summed E-state index contributed by atoms with van der Waals surface area (Å²) < 4.78 is 0. The summed E-state index contributed by atoms with van der Waals surface area (Å²) in [4.78, 5) is 11.2. The first-order chi connectivity index (χ1) is 6.27. The topological polar surface area (TPSA) is 81.1 Å². The van der Waals surface area contributed by atoms with Crippen molar-refractivity contribution in [2.75, 3.05) is 6.67 Å². The first kappa shape index (κ1) is 9.70. The predicted molar refractivity (Wildman–Crippen MR) is 50.9 cm³/mol. The molecule has 1 rings (SSSR count). The molecule has 0 saturated carbocycles. The highest BCUT2D eigenvalue weighted by Gasteiger charge is 2.02. The zero-order valence-corrected chi connectivity index (χ0v) is 7.29. The van der Waals surface area contributed by atoms with Gasteiger partial charge in [0.2, 0.25) is 0 Å². The van der Waals surface area contributed by atoms with Crippen molar-refractivity contribution in [2.24, 2.45) is 11.5 Å². The Morgan fingerprint density at radius 1 is 1.23 bits per heavy atom. The number of hydrogen-bond donors (Lipinski definition) is 3. The molecule has 1 aromatic carbocycles. The summed E-state index contributed by atoms with van der Waals surface area (Å²) >= 11 is 0. The van der Waals surface area contributed by atoms with E-state index in [9.17, 15) is 4.79 Å². The van der Waals surface area contributed by atoms with Gasteiger partial charge < -0.3 is 16.8 Å². The van der Waals surface area contributed by atoms with Gasteiger partial charge in [0.15, 0.2) is 0 Å². The molecule has 0 heterocycles. The van der Waals surface area contributed by atoms with Gasteiger partial charge in [-0.1, -0.05) is 12.1 Å². The number of hydrogen-bond acceptors (Lipinski definition) is 3. The highest BCUT2D eigenvalue weighted by molar-refractivity contribution is 5.94. The molecule has 1 aromatic rings. The fourth-order valence-electron chi connectivity index (χ4n) is 0.987. The van der Waals surface area contributed by atoms with Crippen LogP contribution in [-0.2, 0) is 6.54 Å². The third kappa shape index (κ3) is 2.54. The summed E-state index contributed by atoms with van der Waals surface area (Å²) in [6.07, 6.45) is 0. The van der Waals surface area contributed by atoms with E-state index in [1.807, 2.05) is 12.1 Å². The molecule has 0 aliphatic heterocycles. The Labute approximate surface area is 76.9 Å². The van der Waals surface area contributed by atoms with Gasteiger partial charge in [-0.2, -0.15) is 0 Å². The van der Waals surface area contributed by atoms with Gasteiger partial charge in [-0.15, -0.1) is 0 Å². The lowest BCUT2D eigenvalue weighted by Crippen LogP contribution is -2.29. The standard InChI is InChI=1S/C9H13N3O/c10-5-7-1-3-8(4-2-7)9(13)12-6-11/h1-4H,5-6,10-11H2,(H,12,13). The maximum absolute atomic E-state index is 11.2. The summed E-state index contributed by atoms with van der Waals surface area (Å²) in [5.74, 6) is -0.161. The smallest absolute Gasteiger partial charge is 0.252 e. The largest absolute Gasteiger partial charge is 0.340 e. The minimum absolute atomic E-state index is 0.150. The number of benzene rings is 1. The molecule has 0 radical (unpaired) electrons. The molecule has 0 atom stereocenters. The molecule has 0 saturated heterocycles. The van der Waals surface area contributed by atoms with E-state index in [0.29, 0.717) is 12.1 Å². The Balaban J connectivity index is 2.74. The van der Waals surface area contributed by atoms with Gasteiger partial charge in [0.1, 0.15) is 0 Å². The fraction of sp³-hybridized carbons (Fsp3) is 0.222. The summed E-state index contributed by atoms with van der Waals surface area (Å²) in [6, 6.07) is 7.11. The highest BCUT2D eigenvalue weighted by Crippen LogP contribution is 2.02. The second-order valence-electron chi connectivity index (χ2n) is 2.61. The Kier molecular flexibility index (Phi) is 3.42. The molecule has 5 N–H and O–H groups in total. The van der Waals surface area contributed by atoms with Crippen LogP contribution in [-0.4, -0.2) is 12.6 Å². The van der Waals surface area contributed by atoms with E-state index in [1.165, 1.54) is 0 Å². The maximum Gasteiger partial charge on any atom is 0.252 e. The van der Waals surface area contributed by atoms with Crippen LogP contribution >= 0.6 is 0 Å². The Morgan fingerprint density at radius 2 is 1.85 bits per heavy atom. The van der Waals surface area contributed by atoms with Crippen molar-refractivity contribution < 1.29 is 4.79 Å². The lowest BCUT2D eigenvalue weighted by molar-refractivity contribution is 0.0955. The zero-order chi connectivity index (χ0) is 9.68. The third-order valence-corrected chi connectivity index (χ3v) is 1.71. The van der Waals surface area contributed by atoms with E-state index in [-0.39, 0.29) is 12.6 Å². The van der Waals surface area contributed by atoms with Crippen molar-refractivity contribution in [2.45, 2.75) is 6.54 Å². The molecular formula is C9H13N3O. The average Bonchev–Trinajstić information content (AvgIpc) is 2.18. The number of carbonyl (C=O) groups excluding carboxylic acids is 1. The van der Waals surface area contributed by atoms with Crippen LogP contribution in [0.5, 0.6) is 0 Å². The predicted octanol–water partition coefficient (Wildman–Crippen LogP) is -0.209. The van der Waals surface area contributed by atoms with Crippen LogP contribution in [0.15, 0.2) is 24.3 Å². The van der Waals surface area contributed by atoms with Crippen molar-refractivity contribution in [3.8, 4) is 0 Å². The van der Waals surface area contributed by atoms with Crippen molar-refractivity contribution in [1.82, 2.24) is 5.32 Å². The summed E-state index contributed by atoms with van der Waals surface area (Å²) in [6.45, 7) is 0.635. The summed E-state index contributed by atoms with van der Waals surface area (Å²) in [5.41, 5.74) is 12.2. The molecule has 1 amide bonds. The molecule has 0 aromatic heterocycles. The first-order valence-corrected chi connectivity index (χ1v) is 4.05. The lowest BCUT2D eigenvalue weighted by Gasteiger charge is -2.02. The molecule has 0 fully saturated rings. The normalized spacial score (nSPS) is 9.69. The SMILES string of the molecule is NCNC(=O)c1ccc(CN)cc1. The molecule has 0 bridgehead atoms. The summed E-state index contributed by atoms with van der Waals surface area (Å²) in [5, 5.41) is 2.51. The van der Waals surface area contributed by atoms with Crippen molar-refractivity contribution in [3.63, 3.8) is 0 Å². The zero-order valence-electron chi connectivity index (χ0n) is 7.29. The van der Waals surface area contributed by atoms with Crippen molar-refractivity contribution in [3.05, 3.63) is 35.4 Å². The molecule has 4 heteroatoms. The molecule has 4 nitrogen and oxygen atoms in total. The summed E-state index contributed by atoms with van der Waals surface area (Å²) in [7, 11) is 0. The number of rotatable bonds is 3. The van der Waals surface area contributed by atoms with Gasteiger partial charge >= 0.3 is 0 Å². The average molecular weight is 179 g/mol. The van der Waals surface area contributed by atoms with E-state index >= 15 is 0 Å². The molecule has 70 valence electrons. The Bertz CT molecular complexity index is 281. The van der Waals surface area contributed by atoms with Crippen molar-refractivity contribution in [1.29, 1.82) is 0 Å². The lowest BCUT2D eigenvalue weighted by atomic mass is 10.1. The molecular weight excluding hydrogens is 166 g/mol. The molecule has 0 aliphatic rings. The van der Waals surface area contributed by atoms with Crippen LogP contribution in [0.1, 0.15) is 15.9 Å². The van der Waals surface area contributed by atoms with Crippen LogP contribution in [0, 0.1) is 0 Å². The molecule has 0 aliphatic carbocycles. The number of nitrogens with one attached hydrogen (secondary N) is 1. The van der Waals surface area contributed by atoms with Gasteiger partial charge in [-0.05, 0) is 17.7 Å². The van der Waals surface area contributed by atoms with Crippen molar-refractivity contribution >= 4 is 5.91 Å². The minimum Gasteiger partial charge on any atom is -0.340 e. The van der Waals surface area contributed by atoms with E-state index in [2.05, 4.69) is 5.32 Å². The van der Waals surface area contributed by atoms with E-state index < -0.39 is 0 Å². The Morgan fingerprint density at radius 3 is 2.31 bits per heavy atom. The van der Waals surface area contributed by atoms with Gasteiger partial charge in [0.05, 0.1) is 6.67 Å². The quantitative estimate of drug-likeness (QED) is 0.562.